The smallest absolute Gasteiger partial charge is 0.0705 e. The van der Waals surface area contributed by atoms with E-state index >= 15 is 0 Å². The van der Waals surface area contributed by atoms with Crippen molar-refractivity contribution in [2.24, 2.45) is 5.92 Å². The monoisotopic (exact) mass is 276 g/mol. The first-order valence-corrected chi connectivity index (χ1v) is 7.36. The molecule has 0 fully saturated rings. The van der Waals surface area contributed by atoms with Crippen LogP contribution in [-0.2, 0) is 6.54 Å². The van der Waals surface area contributed by atoms with Crippen molar-refractivity contribution in [3.05, 3.63) is 42.1 Å². The van der Waals surface area contributed by atoms with Crippen molar-refractivity contribution in [1.82, 2.24) is 10.3 Å². The zero-order chi connectivity index (χ0) is 13.7. The lowest BCUT2D eigenvalue weighted by Gasteiger charge is -2.17. The third-order valence-electron chi connectivity index (χ3n) is 3.17. The second kappa shape index (κ2) is 6.88. The van der Waals surface area contributed by atoms with Crippen LogP contribution >= 0.6 is 11.6 Å². The van der Waals surface area contributed by atoms with Crippen LogP contribution in [0.5, 0.6) is 0 Å². The van der Waals surface area contributed by atoms with Gasteiger partial charge in [-0.05, 0) is 24.5 Å². The minimum atomic E-state index is 0.356. The number of rotatable bonds is 6. The quantitative estimate of drug-likeness (QED) is 0.808. The van der Waals surface area contributed by atoms with Gasteiger partial charge >= 0.3 is 0 Å². The molecular weight excluding hydrogens is 256 g/mol. The highest BCUT2D eigenvalue weighted by atomic mass is 35.5. The fourth-order valence-corrected chi connectivity index (χ4v) is 2.46. The van der Waals surface area contributed by atoms with E-state index in [-0.39, 0.29) is 0 Å². The number of hydrogen-bond donors (Lipinski definition) is 1. The third-order valence-corrected chi connectivity index (χ3v) is 3.54. The molecule has 1 unspecified atom stereocenters. The van der Waals surface area contributed by atoms with Gasteiger partial charge < -0.3 is 5.32 Å². The number of benzene rings is 1. The summed E-state index contributed by atoms with van der Waals surface area (Å²) in [6.07, 6.45) is 1.09. The van der Waals surface area contributed by atoms with Gasteiger partial charge in [-0.1, -0.05) is 38.1 Å². The molecule has 1 N–H and O–H groups in total. The predicted molar refractivity (Wildman–Crippen MR) is 82.5 cm³/mol. The Kier molecular flexibility index (Phi) is 5.17. The van der Waals surface area contributed by atoms with Gasteiger partial charge in [-0.15, -0.1) is 11.6 Å². The predicted octanol–water partition coefficient (Wildman–Crippen LogP) is 3.98. The zero-order valence-electron chi connectivity index (χ0n) is 11.6. The Hall–Kier alpha value is -1.12. The van der Waals surface area contributed by atoms with Crippen molar-refractivity contribution >= 4 is 22.5 Å². The maximum atomic E-state index is 5.99. The Balaban J connectivity index is 2.00. The van der Waals surface area contributed by atoms with E-state index in [1.54, 1.807) is 0 Å². The van der Waals surface area contributed by atoms with Crippen molar-refractivity contribution in [3.8, 4) is 0 Å². The Morgan fingerprint density at radius 2 is 1.95 bits per heavy atom. The lowest BCUT2D eigenvalue weighted by Crippen LogP contribution is -2.31. The van der Waals surface area contributed by atoms with E-state index in [9.17, 15) is 0 Å². The lowest BCUT2D eigenvalue weighted by atomic mass is 10.1. The topological polar surface area (TPSA) is 24.9 Å². The minimum absolute atomic E-state index is 0.356. The lowest BCUT2D eigenvalue weighted by molar-refractivity contribution is 0.443. The van der Waals surface area contributed by atoms with Crippen LogP contribution in [-0.4, -0.2) is 16.9 Å². The molecule has 0 bridgehead atoms. The van der Waals surface area contributed by atoms with Gasteiger partial charge in [-0.2, -0.15) is 0 Å². The van der Waals surface area contributed by atoms with Crippen molar-refractivity contribution < 1.29 is 0 Å². The summed E-state index contributed by atoms with van der Waals surface area (Å²) >= 11 is 5.99. The van der Waals surface area contributed by atoms with Gasteiger partial charge in [0.1, 0.15) is 0 Å². The summed E-state index contributed by atoms with van der Waals surface area (Å²) in [5.74, 6) is 1.30. The molecule has 0 spiro atoms. The molecule has 19 heavy (non-hydrogen) atoms. The molecule has 0 radical (unpaired) electrons. The average molecular weight is 277 g/mol. The molecule has 0 aliphatic rings. The first kappa shape index (κ1) is 14.3. The molecule has 1 heterocycles. The van der Waals surface area contributed by atoms with E-state index in [1.807, 2.05) is 18.2 Å². The fraction of sp³-hybridized carbons (Fsp3) is 0.438. The van der Waals surface area contributed by atoms with Crippen LogP contribution in [0.15, 0.2) is 36.4 Å². The summed E-state index contributed by atoms with van der Waals surface area (Å²) in [7, 11) is 0. The van der Waals surface area contributed by atoms with Gasteiger partial charge in [0, 0.05) is 23.9 Å². The minimum Gasteiger partial charge on any atom is -0.307 e. The molecule has 1 atom stereocenters. The van der Waals surface area contributed by atoms with Crippen molar-refractivity contribution in [2.75, 3.05) is 5.88 Å². The molecule has 1 aromatic carbocycles. The van der Waals surface area contributed by atoms with Crippen LogP contribution in [0.1, 0.15) is 26.0 Å². The summed E-state index contributed by atoms with van der Waals surface area (Å²) in [5.41, 5.74) is 2.12. The van der Waals surface area contributed by atoms with E-state index in [0.29, 0.717) is 17.8 Å². The molecule has 0 aliphatic carbocycles. The molecule has 3 heteroatoms. The average Bonchev–Trinajstić information content (AvgIpc) is 2.42. The Labute approximate surface area is 120 Å². The van der Waals surface area contributed by atoms with Crippen LogP contribution in [0, 0.1) is 5.92 Å². The Morgan fingerprint density at radius 3 is 2.68 bits per heavy atom. The SMILES string of the molecule is CC(C)CC(CCl)NCc1ccc2ccccc2n1. The van der Waals surface area contributed by atoms with E-state index in [4.69, 9.17) is 11.6 Å². The number of alkyl halides is 1. The number of hydrogen-bond acceptors (Lipinski definition) is 2. The Morgan fingerprint density at radius 1 is 1.16 bits per heavy atom. The molecule has 0 amide bonds. The van der Waals surface area contributed by atoms with Gasteiger partial charge in [0.05, 0.1) is 11.2 Å². The number of fused-ring (bicyclic) bond motifs is 1. The van der Waals surface area contributed by atoms with Crippen molar-refractivity contribution in [2.45, 2.75) is 32.9 Å². The highest BCUT2D eigenvalue weighted by molar-refractivity contribution is 6.18. The largest absolute Gasteiger partial charge is 0.307 e. The number of nitrogens with zero attached hydrogens (tertiary/aromatic N) is 1. The van der Waals surface area contributed by atoms with Crippen LogP contribution < -0.4 is 5.32 Å². The van der Waals surface area contributed by atoms with Crippen molar-refractivity contribution in [1.29, 1.82) is 0 Å². The standard InChI is InChI=1S/C16H21ClN2/c1-12(2)9-15(10-17)18-11-14-8-7-13-5-3-4-6-16(13)19-14/h3-8,12,15,18H,9-11H2,1-2H3. The molecule has 102 valence electrons. The summed E-state index contributed by atoms with van der Waals surface area (Å²) in [4.78, 5) is 4.66. The molecule has 2 aromatic rings. The van der Waals surface area contributed by atoms with Gasteiger partial charge in [0.15, 0.2) is 0 Å². The second-order valence-electron chi connectivity index (χ2n) is 5.36. The summed E-state index contributed by atoms with van der Waals surface area (Å²) < 4.78 is 0. The van der Waals surface area contributed by atoms with Gasteiger partial charge in [-0.25, -0.2) is 0 Å². The van der Waals surface area contributed by atoms with Crippen LogP contribution in [0.4, 0.5) is 0 Å². The van der Waals surface area contributed by atoms with Gasteiger partial charge in [0.2, 0.25) is 0 Å². The van der Waals surface area contributed by atoms with E-state index < -0.39 is 0 Å². The maximum Gasteiger partial charge on any atom is 0.0705 e. The highest BCUT2D eigenvalue weighted by Gasteiger charge is 2.09. The number of nitrogens with one attached hydrogen (secondary N) is 1. The first-order chi connectivity index (χ1) is 9.19. The Bertz CT molecular complexity index is 525. The maximum absolute atomic E-state index is 5.99. The van der Waals surface area contributed by atoms with Crippen LogP contribution in [0.25, 0.3) is 10.9 Å². The zero-order valence-corrected chi connectivity index (χ0v) is 12.3. The van der Waals surface area contributed by atoms with Crippen LogP contribution in [0.3, 0.4) is 0 Å². The fourth-order valence-electron chi connectivity index (χ4n) is 2.23. The van der Waals surface area contributed by atoms with Crippen molar-refractivity contribution in [3.63, 3.8) is 0 Å². The number of halogens is 1. The molecular formula is C16H21ClN2. The van der Waals surface area contributed by atoms with Gasteiger partial charge in [0.25, 0.3) is 0 Å². The summed E-state index contributed by atoms with van der Waals surface area (Å²) in [6.45, 7) is 5.21. The van der Waals surface area contributed by atoms with E-state index in [2.05, 4.69) is 42.3 Å². The number of pyridine rings is 1. The number of aromatic nitrogens is 1. The number of para-hydroxylation sites is 1. The second-order valence-corrected chi connectivity index (χ2v) is 5.67. The first-order valence-electron chi connectivity index (χ1n) is 6.83. The summed E-state index contributed by atoms with van der Waals surface area (Å²) in [6, 6.07) is 12.7. The van der Waals surface area contributed by atoms with E-state index in [1.165, 1.54) is 5.39 Å². The summed E-state index contributed by atoms with van der Waals surface area (Å²) in [5, 5.41) is 4.67. The molecule has 1 aromatic heterocycles. The normalized spacial score (nSPS) is 13.1. The molecule has 0 saturated heterocycles. The molecule has 2 rings (SSSR count). The molecule has 2 nitrogen and oxygen atoms in total. The third kappa shape index (κ3) is 4.19. The van der Waals surface area contributed by atoms with Gasteiger partial charge in [-0.3, -0.25) is 4.98 Å². The van der Waals surface area contributed by atoms with Crippen LogP contribution in [0.2, 0.25) is 0 Å². The molecule has 0 aliphatic heterocycles. The van der Waals surface area contributed by atoms with E-state index in [0.717, 1.165) is 24.2 Å². The highest BCUT2D eigenvalue weighted by Crippen LogP contribution is 2.12. The molecule has 0 saturated carbocycles.